The Labute approximate surface area is 145 Å². The van der Waals surface area contributed by atoms with Gasteiger partial charge in [0.05, 0.1) is 17.3 Å². The summed E-state index contributed by atoms with van der Waals surface area (Å²) in [5.74, 6) is 1.13. The summed E-state index contributed by atoms with van der Waals surface area (Å²) in [7, 11) is 5.29. The van der Waals surface area contributed by atoms with Crippen molar-refractivity contribution in [3.63, 3.8) is 0 Å². The minimum atomic E-state index is 0.0876. The SMILES string of the molecule is COc1cc(/C=C/c2nc(N(C)C)ncc2Br)c(Br)cc1O. The lowest BCUT2D eigenvalue weighted by molar-refractivity contribution is 0.373. The summed E-state index contributed by atoms with van der Waals surface area (Å²) < 4.78 is 6.69. The van der Waals surface area contributed by atoms with Crippen molar-refractivity contribution in [2.75, 3.05) is 26.1 Å². The summed E-state index contributed by atoms with van der Waals surface area (Å²) in [6.45, 7) is 0. The lowest BCUT2D eigenvalue weighted by Crippen LogP contribution is -2.13. The van der Waals surface area contributed by atoms with E-state index in [0.717, 1.165) is 20.2 Å². The second-order valence-corrected chi connectivity index (χ2v) is 6.39. The van der Waals surface area contributed by atoms with E-state index in [2.05, 4.69) is 41.8 Å². The molecule has 0 aliphatic heterocycles. The van der Waals surface area contributed by atoms with Crippen LogP contribution in [0.3, 0.4) is 0 Å². The van der Waals surface area contributed by atoms with E-state index in [4.69, 9.17) is 4.74 Å². The summed E-state index contributed by atoms with van der Waals surface area (Å²) in [5.41, 5.74) is 1.63. The largest absolute Gasteiger partial charge is 0.504 e. The number of hydrogen-bond acceptors (Lipinski definition) is 5. The predicted octanol–water partition coefficient (Wildman–Crippen LogP) is 3.95. The fourth-order valence-corrected chi connectivity index (χ4v) is 2.51. The number of methoxy groups -OCH3 is 1. The molecule has 0 saturated carbocycles. The third-order valence-corrected chi connectivity index (χ3v) is 4.18. The van der Waals surface area contributed by atoms with E-state index >= 15 is 0 Å². The molecule has 1 N–H and O–H groups in total. The molecular formula is C15H15Br2N3O2. The van der Waals surface area contributed by atoms with Gasteiger partial charge in [0.1, 0.15) is 0 Å². The van der Waals surface area contributed by atoms with Crippen molar-refractivity contribution in [3.8, 4) is 11.5 Å². The first kappa shape index (κ1) is 16.8. The number of phenols is 1. The maximum absolute atomic E-state index is 9.73. The number of hydrogen-bond donors (Lipinski definition) is 1. The molecule has 7 heteroatoms. The highest BCUT2D eigenvalue weighted by Crippen LogP contribution is 2.33. The number of phenolic OH excluding ortho intramolecular Hbond substituents is 1. The minimum absolute atomic E-state index is 0.0876. The van der Waals surface area contributed by atoms with Crippen LogP contribution in [0.5, 0.6) is 11.5 Å². The number of halogens is 2. The summed E-state index contributed by atoms with van der Waals surface area (Å²) >= 11 is 6.86. The van der Waals surface area contributed by atoms with Crippen molar-refractivity contribution < 1.29 is 9.84 Å². The van der Waals surface area contributed by atoms with Gasteiger partial charge in [-0.3, -0.25) is 0 Å². The van der Waals surface area contributed by atoms with Crippen LogP contribution in [0.4, 0.5) is 5.95 Å². The van der Waals surface area contributed by atoms with E-state index in [1.807, 2.05) is 31.1 Å². The fraction of sp³-hybridized carbons (Fsp3) is 0.200. The van der Waals surface area contributed by atoms with Gasteiger partial charge in [0, 0.05) is 24.8 Å². The summed E-state index contributed by atoms with van der Waals surface area (Å²) in [6, 6.07) is 3.34. The van der Waals surface area contributed by atoms with Gasteiger partial charge >= 0.3 is 0 Å². The van der Waals surface area contributed by atoms with Crippen LogP contribution in [-0.4, -0.2) is 36.3 Å². The second-order valence-electron chi connectivity index (χ2n) is 4.68. The summed E-state index contributed by atoms with van der Waals surface area (Å²) in [6.07, 6.45) is 5.47. The smallest absolute Gasteiger partial charge is 0.225 e. The molecule has 0 amide bonds. The zero-order valence-corrected chi connectivity index (χ0v) is 15.5. The van der Waals surface area contributed by atoms with E-state index in [-0.39, 0.29) is 5.75 Å². The number of benzene rings is 1. The molecule has 0 aliphatic carbocycles. The van der Waals surface area contributed by atoms with Crippen LogP contribution in [0.25, 0.3) is 12.2 Å². The van der Waals surface area contributed by atoms with Crippen molar-refractivity contribution in [1.82, 2.24) is 9.97 Å². The van der Waals surface area contributed by atoms with Gasteiger partial charge in [-0.1, -0.05) is 22.0 Å². The Morgan fingerprint density at radius 3 is 2.55 bits per heavy atom. The molecule has 2 aromatic rings. The number of nitrogens with zero attached hydrogens (tertiary/aromatic N) is 3. The lowest BCUT2D eigenvalue weighted by Gasteiger charge is -2.10. The first-order valence-electron chi connectivity index (χ1n) is 6.37. The van der Waals surface area contributed by atoms with E-state index in [1.165, 1.54) is 7.11 Å². The lowest BCUT2D eigenvalue weighted by atomic mass is 10.1. The first-order chi connectivity index (χ1) is 10.4. The molecule has 2 rings (SSSR count). The number of aromatic hydroxyl groups is 1. The third kappa shape index (κ3) is 3.78. The molecule has 1 aromatic carbocycles. The van der Waals surface area contributed by atoms with Crippen molar-refractivity contribution in [3.05, 3.63) is 38.5 Å². The van der Waals surface area contributed by atoms with Gasteiger partial charge < -0.3 is 14.7 Å². The van der Waals surface area contributed by atoms with E-state index in [0.29, 0.717) is 11.7 Å². The number of anilines is 1. The van der Waals surface area contributed by atoms with E-state index in [9.17, 15) is 5.11 Å². The van der Waals surface area contributed by atoms with Crippen molar-refractivity contribution in [2.45, 2.75) is 0 Å². The van der Waals surface area contributed by atoms with Gasteiger partial charge in [0.15, 0.2) is 11.5 Å². The standard InChI is InChI=1S/C15H15Br2N3O2/c1-20(2)15-18-8-11(17)12(19-15)5-4-9-6-14(22-3)13(21)7-10(9)16/h4-8,21H,1-3H3/b5-4+. The van der Waals surface area contributed by atoms with Crippen LogP contribution in [-0.2, 0) is 0 Å². The van der Waals surface area contributed by atoms with Crippen LogP contribution in [0.2, 0.25) is 0 Å². The van der Waals surface area contributed by atoms with Gasteiger partial charge in [0.2, 0.25) is 5.95 Å². The van der Waals surface area contributed by atoms with Gasteiger partial charge in [0.25, 0.3) is 0 Å². The summed E-state index contributed by atoms with van der Waals surface area (Å²) in [5, 5.41) is 9.73. The van der Waals surface area contributed by atoms with Gasteiger partial charge in [-0.25, -0.2) is 9.97 Å². The summed E-state index contributed by atoms with van der Waals surface area (Å²) in [4.78, 5) is 10.5. The number of aromatic nitrogens is 2. The van der Waals surface area contributed by atoms with Crippen LogP contribution in [0.1, 0.15) is 11.3 Å². The Balaban J connectivity index is 2.38. The molecule has 0 radical (unpaired) electrons. The highest BCUT2D eigenvalue weighted by atomic mass is 79.9. The molecule has 0 atom stereocenters. The molecule has 0 saturated heterocycles. The van der Waals surface area contributed by atoms with Crippen molar-refractivity contribution in [1.29, 1.82) is 0 Å². The normalized spacial score (nSPS) is 11.0. The van der Waals surface area contributed by atoms with Crippen molar-refractivity contribution >= 4 is 50.0 Å². The fourth-order valence-electron chi connectivity index (χ4n) is 1.72. The first-order valence-corrected chi connectivity index (χ1v) is 7.95. The Bertz CT molecular complexity index is 718. The zero-order chi connectivity index (χ0) is 16.3. The maximum atomic E-state index is 9.73. The molecule has 0 fully saturated rings. The van der Waals surface area contributed by atoms with Crippen molar-refractivity contribution in [2.24, 2.45) is 0 Å². The highest BCUT2D eigenvalue weighted by Gasteiger charge is 2.07. The molecule has 0 aliphatic rings. The van der Waals surface area contributed by atoms with E-state index < -0.39 is 0 Å². The topological polar surface area (TPSA) is 58.5 Å². The van der Waals surface area contributed by atoms with E-state index in [1.54, 1.807) is 18.3 Å². The van der Waals surface area contributed by atoms with Crippen LogP contribution >= 0.6 is 31.9 Å². The van der Waals surface area contributed by atoms with Gasteiger partial charge in [-0.15, -0.1) is 0 Å². The monoisotopic (exact) mass is 427 g/mol. The average Bonchev–Trinajstić information content (AvgIpc) is 2.47. The minimum Gasteiger partial charge on any atom is -0.504 e. The maximum Gasteiger partial charge on any atom is 0.225 e. The molecule has 0 spiro atoms. The molecule has 116 valence electrons. The quantitative estimate of drug-likeness (QED) is 0.798. The molecule has 5 nitrogen and oxygen atoms in total. The Morgan fingerprint density at radius 1 is 1.18 bits per heavy atom. The highest BCUT2D eigenvalue weighted by molar-refractivity contribution is 9.10. The molecular weight excluding hydrogens is 414 g/mol. The molecule has 0 unspecified atom stereocenters. The van der Waals surface area contributed by atoms with Crippen LogP contribution in [0, 0.1) is 0 Å². The molecule has 1 aromatic heterocycles. The molecule has 0 bridgehead atoms. The van der Waals surface area contributed by atoms with Crippen LogP contribution in [0.15, 0.2) is 27.3 Å². The molecule has 22 heavy (non-hydrogen) atoms. The Kier molecular flexibility index (Phi) is 5.42. The predicted molar refractivity (Wildman–Crippen MR) is 95.3 cm³/mol. The zero-order valence-electron chi connectivity index (χ0n) is 12.3. The Morgan fingerprint density at radius 2 is 1.91 bits per heavy atom. The third-order valence-electron chi connectivity index (χ3n) is 2.88. The van der Waals surface area contributed by atoms with Gasteiger partial charge in [-0.2, -0.15) is 0 Å². The second kappa shape index (κ2) is 7.11. The van der Waals surface area contributed by atoms with Crippen LogP contribution < -0.4 is 9.64 Å². The van der Waals surface area contributed by atoms with Gasteiger partial charge in [-0.05, 0) is 39.7 Å². The average molecular weight is 429 g/mol. The number of ether oxygens (including phenoxy) is 1. The Hall–Kier alpha value is -1.60. The molecule has 1 heterocycles. The number of rotatable bonds is 4.